The average molecular weight is 343 g/mol. The minimum absolute atomic E-state index is 0.138. The van der Waals surface area contributed by atoms with Crippen LogP contribution in [0.5, 0.6) is 0 Å². The second kappa shape index (κ2) is 6.96. The highest BCUT2D eigenvalue weighted by molar-refractivity contribution is 6.31. The Labute approximate surface area is 148 Å². The molecule has 1 amide bonds. The Balaban J connectivity index is 1.77. The van der Waals surface area contributed by atoms with E-state index in [1.165, 1.54) is 11.1 Å². The van der Waals surface area contributed by atoms with Crippen LogP contribution < -0.4 is 4.90 Å². The van der Waals surface area contributed by atoms with Gasteiger partial charge in [0, 0.05) is 30.3 Å². The smallest absolute Gasteiger partial charge is 0.244 e. The predicted molar refractivity (Wildman–Crippen MR) is 99.6 cm³/mol. The Morgan fingerprint density at radius 2 is 1.92 bits per heavy atom. The highest BCUT2D eigenvalue weighted by atomic mass is 35.5. The quantitative estimate of drug-likeness (QED) is 0.834. The number of piperazine rings is 1. The van der Waals surface area contributed by atoms with Gasteiger partial charge in [-0.2, -0.15) is 0 Å². The number of carbonyl (C=O) groups excluding carboxylic acids is 1. The normalized spacial score (nSPS) is 18.9. The van der Waals surface area contributed by atoms with Crippen molar-refractivity contribution in [2.75, 3.05) is 18.0 Å². The zero-order valence-corrected chi connectivity index (χ0v) is 15.2. The average Bonchev–Trinajstić information content (AvgIpc) is 2.55. The number of rotatable bonds is 3. The molecule has 1 aliphatic rings. The first-order chi connectivity index (χ1) is 11.5. The number of hydrogen-bond donors (Lipinski definition) is 0. The van der Waals surface area contributed by atoms with Gasteiger partial charge in [0.05, 0.1) is 6.04 Å². The maximum atomic E-state index is 12.9. The van der Waals surface area contributed by atoms with Gasteiger partial charge in [0.1, 0.15) is 0 Å². The molecule has 2 aromatic rings. The van der Waals surface area contributed by atoms with Crippen LogP contribution >= 0.6 is 11.6 Å². The molecular formula is C20H23ClN2O. The van der Waals surface area contributed by atoms with Gasteiger partial charge in [-0.3, -0.25) is 9.69 Å². The first kappa shape index (κ1) is 17.0. The molecule has 3 rings (SSSR count). The van der Waals surface area contributed by atoms with Gasteiger partial charge >= 0.3 is 0 Å². The van der Waals surface area contributed by atoms with Crippen LogP contribution in [-0.2, 0) is 11.3 Å². The molecule has 0 aliphatic carbocycles. The molecule has 3 nitrogen and oxygen atoms in total. The van der Waals surface area contributed by atoms with Crippen molar-refractivity contribution in [3.63, 3.8) is 0 Å². The van der Waals surface area contributed by atoms with Crippen LogP contribution in [0.3, 0.4) is 0 Å². The summed E-state index contributed by atoms with van der Waals surface area (Å²) < 4.78 is 0. The topological polar surface area (TPSA) is 23.6 Å². The third-order valence-corrected chi connectivity index (χ3v) is 4.95. The summed E-state index contributed by atoms with van der Waals surface area (Å²) in [6.07, 6.45) is 0. The highest BCUT2D eigenvalue weighted by Crippen LogP contribution is 2.27. The third-order valence-electron chi connectivity index (χ3n) is 4.71. The van der Waals surface area contributed by atoms with Crippen molar-refractivity contribution in [1.82, 2.24) is 4.90 Å². The molecule has 0 aromatic heterocycles. The number of carbonyl (C=O) groups is 1. The van der Waals surface area contributed by atoms with Crippen LogP contribution in [0.1, 0.15) is 23.6 Å². The summed E-state index contributed by atoms with van der Waals surface area (Å²) in [6.45, 7) is 8.45. The molecule has 1 unspecified atom stereocenters. The lowest BCUT2D eigenvalue weighted by Crippen LogP contribution is -2.55. The Bertz CT molecular complexity index is 759. The Kier molecular flexibility index (Phi) is 4.93. The van der Waals surface area contributed by atoms with E-state index in [4.69, 9.17) is 11.6 Å². The van der Waals surface area contributed by atoms with E-state index in [0.29, 0.717) is 11.6 Å². The molecule has 0 bridgehead atoms. The van der Waals surface area contributed by atoms with Gasteiger partial charge in [-0.05, 0) is 44.0 Å². The molecule has 24 heavy (non-hydrogen) atoms. The van der Waals surface area contributed by atoms with Crippen LogP contribution in [0.15, 0.2) is 42.5 Å². The number of amides is 1. The van der Waals surface area contributed by atoms with Gasteiger partial charge in [-0.25, -0.2) is 0 Å². The molecule has 0 spiro atoms. The van der Waals surface area contributed by atoms with E-state index in [-0.39, 0.29) is 11.9 Å². The fraction of sp³-hybridized carbons (Fsp3) is 0.350. The molecule has 0 N–H and O–H groups in total. The van der Waals surface area contributed by atoms with Gasteiger partial charge in [-0.1, -0.05) is 47.5 Å². The minimum Gasteiger partial charge on any atom is -0.309 e. The van der Waals surface area contributed by atoms with Crippen LogP contribution in [0, 0.1) is 13.8 Å². The molecule has 1 atom stereocenters. The maximum Gasteiger partial charge on any atom is 0.244 e. The van der Waals surface area contributed by atoms with Crippen molar-refractivity contribution < 1.29 is 4.79 Å². The lowest BCUT2D eigenvalue weighted by atomic mass is 10.1. The molecule has 1 saturated heterocycles. The SMILES string of the molecule is Cc1cccc(CN2CCN(c3cc(Cl)ccc3C)C(=O)C2C)c1. The molecular weight excluding hydrogens is 320 g/mol. The van der Waals surface area contributed by atoms with Gasteiger partial charge in [0.25, 0.3) is 0 Å². The van der Waals surface area contributed by atoms with Crippen molar-refractivity contribution in [3.8, 4) is 0 Å². The van der Waals surface area contributed by atoms with E-state index in [9.17, 15) is 4.79 Å². The van der Waals surface area contributed by atoms with Crippen molar-refractivity contribution in [3.05, 3.63) is 64.2 Å². The lowest BCUT2D eigenvalue weighted by molar-refractivity contribution is -0.125. The Morgan fingerprint density at radius 1 is 1.12 bits per heavy atom. The molecule has 1 fully saturated rings. The molecule has 4 heteroatoms. The predicted octanol–water partition coefficient (Wildman–Crippen LogP) is 4.19. The number of anilines is 1. The van der Waals surface area contributed by atoms with Gasteiger partial charge in [0.15, 0.2) is 0 Å². The standard InChI is InChI=1S/C20H23ClN2O/c1-14-5-4-6-17(11-14)13-22-9-10-23(20(24)16(22)3)19-12-18(21)8-7-15(19)2/h4-8,11-12,16H,9-10,13H2,1-3H3. The second-order valence-corrected chi connectivity index (χ2v) is 6.99. The van der Waals surface area contributed by atoms with Crippen molar-refractivity contribution >= 4 is 23.2 Å². The number of halogens is 1. The number of nitrogens with zero attached hydrogens (tertiary/aromatic N) is 2. The van der Waals surface area contributed by atoms with Crippen LogP contribution in [-0.4, -0.2) is 29.9 Å². The first-order valence-electron chi connectivity index (χ1n) is 8.33. The van der Waals surface area contributed by atoms with Crippen LogP contribution in [0.25, 0.3) is 0 Å². The third kappa shape index (κ3) is 3.47. The van der Waals surface area contributed by atoms with E-state index in [1.54, 1.807) is 0 Å². The summed E-state index contributed by atoms with van der Waals surface area (Å²) >= 11 is 6.12. The summed E-state index contributed by atoms with van der Waals surface area (Å²) in [5.41, 5.74) is 4.50. The zero-order chi connectivity index (χ0) is 17.3. The van der Waals surface area contributed by atoms with Crippen molar-refractivity contribution in [2.45, 2.75) is 33.4 Å². The van der Waals surface area contributed by atoms with Gasteiger partial charge in [-0.15, -0.1) is 0 Å². The number of benzene rings is 2. The molecule has 1 aliphatic heterocycles. The minimum atomic E-state index is -0.141. The zero-order valence-electron chi connectivity index (χ0n) is 14.4. The van der Waals surface area contributed by atoms with E-state index in [0.717, 1.165) is 24.3 Å². The highest BCUT2D eigenvalue weighted by Gasteiger charge is 2.32. The maximum absolute atomic E-state index is 12.9. The summed E-state index contributed by atoms with van der Waals surface area (Å²) in [7, 11) is 0. The monoisotopic (exact) mass is 342 g/mol. The Morgan fingerprint density at radius 3 is 2.67 bits per heavy atom. The summed E-state index contributed by atoms with van der Waals surface area (Å²) in [5, 5.41) is 0.665. The molecule has 0 radical (unpaired) electrons. The fourth-order valence-corrected chi connectivity index (χ4v) is 3.45. The first-order valence-corrected chi connectivity index (χ1v) is 8.70. The van der Waals surface area contributed by atoms with E-state index >= 15 is 0 Å². The van der Waals surface area contributed by atoms with Crippen LogP contribution in [0.4, 0.5) is 5.69 Å². The van der Waals surface area contributed by atoms with E-state index in [1.807, 2.05) is 36.9 Å². The van der Waals surface area contributed by atoms with Crippen molar-refractivity contribution in [2.24, 2.45) is 0 Å². The molecule has 0 saturated carbocycles. The van der Waals surface area contributed by atoms with E-state index in [2.05, 4.69) is 36.1 Å². The van der Waals surface area contributed by atoms with Crippen LogP contribution in [0.2, 0.25) is 5.02 Å². The summed E-state index contributed by atoms with van der Waals surface area (Å²) in [4.78, 5) is 17.0. The number of aryl methyl sites for hydroxylation is 2. The largest absolute Gasteiger partial charge is 0.309 e. The molecule has 1 heterocycles. The van der Waals surface area contributed by atoms with E-state index < -0.39 is 0 Å². The molecule has 2 aromatic carbocycles. The summed E-state index contributed by atoms with van der Waals surface area (Å²) in [5.74, 6) is 0.138. The number of hydrogen-bond acceptors (Lipinski definition) is 2. The van der Waals surface area contributed by atoms with Gasteiger partial charge < -0.3 is 4.90 Å². The van der Waals surface area contributed by atoms with Crippen molar-refractivity contribution in [1.29, 1.82) is 0 Å². The Hall–Kier alpha value is -1.84. The summed E-state index contributed by atoms with van der Waals surface area (Å²) in [6, 6.07) is 14.1. The lowest BCUT2D eigenvalue weighted by Gasteiger charge is -2.39. The van der Waals surface area contributed by atoms with Gasteiger partial charge in [0.2, 0.25) is 5.91 Å². The fourth-order valence-electron chi connectivity index (χ4n) is 3.29. The second-order valence-electron chi connectivity index (χ2n) is 6.56. The molecule has 126 valence electrons.